The number of amides is 2. The van der Waals surface area contributed by atoms with Crippen LogP contribution < -0.4 is 0 Å². The number of fused-ring (bicyclic) bond motifs is 3. The van der Waals surface area contributed by atoms with Crippen LogP contribution in [0.3, 0.4) is 0 Å². The lowest BCUT2D eigenvalue weighted by atomic mass is 9.77. The predicted octanol–water partition coefficient (Wildman–Crippen LogP) is 2.48. The molecule has 3 saturated heterocycles. The Hall–Kier alpha value is -1.86. The fraction of sp³-hybridized carbons (Fsp3) is 0.571. The summed E-state index contributed by atoms with van der Waals surface area (Å²) in [6.45, 7) is 4.93. The number of ether oxygens (including phenoxy) is 1. The molecule has 0 N–H and O–H groups in total. The number of methoxy groups -OCH3 is 1. The molecule has 150 valence electrons. The summed E-state index contributed by atoms with van der Waals surface area (Å²) >= 11 is 1.76. The molecule has 1 aromatic rings. The molecule has 3 heterocycles. The number of nitrogens with zero attached hydrogens (tertiary/aromatic N) is 2. The molecule has 4 atom stereocenters. The van der Waals surface area contributed by atoms with E-state index in [9.17, 15) is 14.4 Å². The Labute approximate surface area is 169 Å². The minimum Gasteiger partial charge on any atom is -0.468 e. The fourth-order valence-corrected chi connectivity index (χ4v) is 6.16. The van der Waals surface area contributed by atoms with Crippen LogP contribution in [0.4, 0.5) is 0 Å². The number of carbonyl (C=O) groups is 3. The third-order valence-corrected chi connectivity index (χ3v) is 7.38. The van der Waals surface area contributed by atoms with Gasteiger partial charge in [0.15, 0.2) is 0 Å². The van der Waals surface area contributed by atoms with Crippen molar-refractivity contribution in [2.75, 3.05) is 26.0 Å². The Morgan fingerprint density at radius 2 is 1.93 bits per heavy atom. The second kappa shape index (κ2) is 7.19. The van der Waals surface area contributed by atoms with Crippen LogP contribution in [0.2, 0.25) is 0 Å². The maximum Gasteiger partial charge on any atom is 0.327 e. The van der Waals surface area contributed by atoms with Gasteiger partial charge in [-0.2, -0.15) is 0 Å². The molecule has 7 heteroatoms. The van der Waals surface area contributed by atoms with E-state index in [1.807, 2.05) is 12.1 Å². The fourth-order valence-electron chi connectivity index (χ4n) is 5.50. The molecule has 1 aromatic carbocycles. The zero-order valence-corrected chi connectivity index (χ0v) is 17.3. The van der Waals surface area contributed by atoms with Gasteiger partial charge < -0.3 is 4.74 Å². The number of likely N-dealkylation sites (tertiary alicyclic amines) is 1. The SMILES string of the molecule is CCSc1ccc(C2C3C(=O)N(CC)C(=O)C3[C@]3(C(=O)OC)CCCN23)cc1. The summed E-state index contributed by atoms with van der Waals surface area (Å²) in [5.41, 5.74) is -0.0420. The summed E-state index contributed by atoms with van der Waals surface area (Å²) < 4.78 is 5.17. The van der Waals surface area contributed by atoms with Crippen molar-refractivity contribution in [2.45, 2.75) is 43.2 Å². The molecule has 0 bridgehead atoms. The summed E-state index contributed by atoms with van der Waals surface area (Å²) in [6, 6.07) is 7.92. The Morgan fingerprint density at radius 3 is 2.54 bits per heavy atom. The van der Waals surface area contributed by atoms with Gasteiger partial charge in [-0.05, 0) is 49.8 Å². The monoisotopic (exact) mass is 402 g/mol. The van der Waals surface area contributed by atoms with Crippen LogP contribution in [0.1, 0.15) is 38.3 Å². The zero-order valence-electron chi connectivity index (χ0n) is 16.5. The van der Waals surface area contributed by atoms with E-state index in [1.165, 1.54) is 16.9 Å². The standard InChI is InChI=1S/C21H26N2O4S/c1-4-22-18(24)15-16(19(22)25)21(20(26)27-3)11-6-12-23(21)17(15)13-7-9-14(10-8-13)28-5-2/h7-10,15-17H,4-6,11-12H2,1-3H3/t15?,16?,17?,21-/m0/s1. The quantitative estimate of drug-likeness (QED) is 0.428. The van der Waals surface area contributed by atoms with Gasteiger partial charge in [0, 0.05) is 17.5 Å². The summed E-state index contributed by atoms with van der Waals surface area (Å²) in [5, 5.41) is 0. The van der Waals surface area contributed by atoms with Gasteiger partial charge in [0.25, 0.3) is 0 Å². The Bertz CT molecular complexity index is 811. The third-order valence-electron chi connectivity index (χ3n) is 6.49. The van der Waals surface area contributed by atoms with Crippen molar-refractivity contribution >= 4 is 29.5 Å². The molecule has 3 aliphatic rings. The van der Waals surface area contributed by atoms with Crippen molar-refractivity contribution in [3.05, 3.63) is 29.8 Å². The lowest BCUT2D eigenvalue weighted by Crippen LogP contribution is -2.54. The topological polar surface area (TPSA) is 66.9 Å². The average molecular weight is 403 g/mol. The molecule has 0 radical (unpaired) electrons. The highest BCUT2D eigenvalue weighted by Crippen LogP contribution is 2.59. The molecule has 3 fully saturated rings. The molecule has 0 aromatic heterocycles. The van der Waals surface area contributed by atoms with E-state index in [1.54, 1.807) is 18.7 Å². The van der Waals surface area contributed by atoms with Crippen LogP contribution in [0.25, 0.3) is 0 Å². The van der Waals surface area contributed by atoms with Gasteiger partial charge in [0.2, 0.25) is 11.8 Å². The number of imide groups is 1. The van der Waals surface area contributed by atoms with Crippen molar-refractivity contribution in [2.24, 2.45) is 11.8 Å². The molecule has 3 aliphatic heterocycles. The number of esters is 1. The summed E-state index contributed by atoms with van der Waals surface area (Å²) in [7, 11) is 1.37. The van der Waals surface area contributed by atoms with E-state index in [4.69, 9.17) is 4.74 Å². The van der Waals surface area contributed by atoms with E-state index < -0.39 is 17.4 Å². The van der Waals surface area contributed by atoms with Gasteiger partial charge in [-0.15, -0.1) is 11.8 Å². The first-order valence-corrected chi connectivity index (χ1v) is 10.9. The maximum absolute atomic E-state index is 13.2. The summed E-state index contributed by atoms with van der Waals surface area (Å²) in [4.78, 5) is 43.9. The minimum atomic E-state index is -1.03. The lowest BCUT2D eigenvalue weighted by Gasteiger charge is -2.36. The van der Waals surface area contributed by atoms with E-state index >= 15 is 0 Å². The number of thioether (sulfide) groups is 1. The normalized spacial score (nSPS) is 32.0. The molecule has 2 amide bonds. The average Bonchev–Trinajstić information content (AvgIpc) is 3.31. The number of rotatable bonds is 5. The number of hydrogen-bond acceptors (Lipinski definition) is 6. The highest BCUT2D eigenvalue weighted by Gasteiger charge is 2.73. The summed E-state index contributed by atoms with van der Waals surface area (Å²) in [6.07, 6.45) is 1.36. The first kappa shape index (κ1) is 19.5. The Balaban J connectivity index is 1.83. The third kappa shape index (κ3) is 2.48. The van der Waals surface area contributed by atoms with Gasteiger partial charge in [0.1, 0.15) is 5.54 Å². The van der Waals surface area contributed by atoms with Crippen LogP contribution in [-0.2, 0) is 19.1 Å². The molecule has 4 rings (SSSR count). The van der Waals surface area contributed by atoms with E-state index in [0.29, 0.717) is 19.5 Å². The Kier molecular flexibility index (Phi) is 5.00. The van der Waals surface area contributed by atoms with Crippen molar-refractivity contribution < 1.29 is 19.1 Å². The highest BCUT2D eigenvalue weighted by atomic mass is 32.2. The van der Waals surface area contributed by atoms with Crippen LogP contribution in [-0.4, -0.2) is 59.1 Å². The van der Waals surface area contributed by atoms with Gasteiger partial charge in [-0.3, -0.25) is 24.2 Å². The van der Waals surface area contributed by atoms with Crippen LogP contribution in [0, 0.1) is 11.8 Å². The molecule has 3 unspecified atom stereocenters. The van der Waals surface area contributed by atoms with Crippen LogP contribution in [0.15, 0.2) is 29.2 Å². The van der Waals surface area contributed by atoms with Crippen molar-refractivity contribution in [1.29, 1.82) is 0 Å². The molecule has 6 nitrogen and oxygen atoms in total. The molecule has 0 spiro atoms. The van der Waals surface area contributed by atoms with Crippen molar-refractivity contribution in [3.8, 4) is 0 Å². The van der Waals surface area contributed by atoms with Gasteiger partial charge in [-0.1, -0.05) is 19.1 Å². The number of carbonyl (C=O) groups excluding carboxylic acids is 3. The maximum atomic E-state index is 13.2. The van der Waals surface area contributed by atoms with Gasteiger partial charge in [0.05, 0.1) is 18.9 Å². The molecule has 0 saturated carbocycles. The van der Waals surface area contributed by atoms with Crippen LogP contribution >= 0.6 is 11.8 Å². The van der Waals surface area contributed by atoms with Crippen molar-refractivity contribution in [3.63, 3.8) is 0 Å². The second-order valence-electron chi connectivity index (χ2n) is 7.58. The summed E-state index contributed by atoms with van der Waals surface area (Å²) in [5.74, 6) is -0.979. The number of benzene rings is 1. The van der Waals surface area contributed by atoms with E-state index in [-0.39, 0.29) is 23.8 Å². The number of hydrogen-bond donors (Lipinski definition) is 0. The molecule has 0 aliphatic carbocycles. The lowest BCUT2D eigenvalue weighted by molar-refractivity contribution is -0.159. The first-order valence-electron chi connectivity index (χ1n) is 9.94. The van der Waals surface area contributed by atoms with Gasteiger partial charge in [-0.25, -0.2) is 0 Å². The first-order chi connectivity index (χ1) is 13.5. The van der Waals surface area contributed by atoms with E-state index in [0.717, 1.165) is 17.7 Å². The predicted molar refractivity (Wildman–Crippen MR) is 106 cm³/mol. The smallest absolute Gasteiger partial charge is 0.327 e. The largest absolute Gasteiger partial charge is 0.468 e. The minimum absolute atomic E-state index is 0.160. The van der Waals surface area contributed by atoms with Gasteiger partial charge >= 0.3 is 5.97 Å². The van der Waals surface area contributed by atoms with Crippen molar-refractivity contribution in [1.82, 2.24) is 9.80 Å². The molecule has 28 heavy (non-hydrogen) atoms. The second-order valence-corrected chi connectivity index (χ2v) is 8.92. The highest BCUT2D eigenvalue weighted by molar-refractivity contribution is 7.99. The zero-order chi connectivity index (χ0) is 20.1. The molecular weight excluding hydrogens is 376 g/mol. The van der Waals surface area contributed by atoms with E-state index in [2.05, 4.69) is 24.0 Å². The molecular formula is C21H26N2O4S. The Morgan fingerprint density at radius 1 is 1.21 bits per heavy atom. The van der Waals surface area contributed by atoms with Crippen LogP contribution in [0.5, 0.6) is 0 Å².